The smallest absolute Gasteiger partial charge is 0.350 e. The number of aryl methyl sites for hydroxylation is 1. The van der Waals surface area contributed by atoms with Crippen LogP contribution in [-0.4, -0.2) is 66.7 Å². The Hall–Kier alpha value is -2.34. The van der Waals surface area contributed by atoms with Crippen LogP contribution in [-0.2, 0) is 9.47 Å². The molecule has 1 aliphatic heterocycles. The lowest BCUT2D eigenvalue weighted by Gasteiger charge is -2.37. The van der Waals surface area contributed by atoms with Gasteiger partial charge in [-0.2, -0.15) is 0 Å². The summed E-state index contributed by atoms with van der Waals surface area (Å²) >= 11 is 13.2. The molecule has 0 saturated carbocycles. The molecule has 1 fully saturated rings. The Kier molecular flexibility index (Phi) is 7.65. The zero-order valence-electron chi connectivity index (χ0n) is 17.7. The molecule has 0 bridgehead atoms. The first-order valence-electron chi connectivity index (χ1n) is 9.77. The topological polar surface area (TPSA) is 140 Å². The molecular formula is C19H23Cl2N5O5S. The Morgan fingerprint density at radius 2 is 2.06 bits per heavy atom. The third-order valence-electron chi connectivity index (χ3n) is 5.04. The van der Waals surface area contributed by atoms with E-state index < -0.39 is 11.9 Å². The van der Waals surface area contributed by atoms with Crippen molar-refractivity contribution in [2.45, 2.75) is 32.4 Å². The van der Waals surface area contributed by atoms with Crippen molar-refractivity contribution in [2.75, 3.05) is 31.7 Å². The lowest BCUT2D eigenvalue weighted by atomic mass is 10.0. The third-order valence-corrected chi connectivity index (χ3v) is 7.08. The van der Waals surface area contributed by atoms with Gasteiger partial charge < -0.3 is 30.4 Å². The average molecular weight is 504 g/mol. The number of aromatic amines is 1. The maximum absolute atomic E-state index is 12.7. The Bertz CT molecular complexity index is 1040. The van der Waals surface area contributed by atoms with Gasteiger partial charge in [0.1, 0.15) is 10.6 Å². The van der Waals surface area contributed by atoms with E-state index in [9.17, 15) is 14.4 Å². The van der Waals surface area contributed by atoms with Crippen molar-refractivity contribution in [3.05, 3.63) is 32.0 Å². The van der Waals surface area contributed by atoms with Crippen LogP contribution in [0.2, 0.25) is 10.0 Å². The van der Waals surface area contributed by atoms with Crippen molar-refractivity contribution in [1.82, 2.24) is 15.3 Å². The zero-order valence-corrected chi connectivity index (χ0v) is 20.0. The van der Waals surface area contributed by atoms with Crippen molar-refractivity contribution in [2.24, 2.45) is 5.73 Å². The first-order valence-corrected chi connectivity index (χ1v) is 11.3. The summed E-state index contributed by atoms with van der Waals surface area (Å²) in [5.41, 5.74) is 6.06. The number of nitrogens with two attached hydrogens (primary N) is 1. The number of piperidine rings is 1. The monoisotopic (exact) mass is 503 g/mol. The largest absolute Gasteiger partial charge is 0.462 e. The first-order chi connectivity index (χ1) is 15.2. The Labute approximate surface area is 198 Å². The van der Waals surface area contributed by atoms with Crippen molar-refractivity contribution >= 4 is 57.5 Å². The number of amides is 2. The van der Waals surface area contributed by atoms with Gasteiger partial charge in [0, 0.05) is 25.9 Å². The van der Waals surface area contributed by atoms with E-state index >= 15 is 0 Å². The second-order valence-electron chi connectivity index (χ2n) is 7.10. The fourth-order valence-electron chi connectivity index (χ4n) is 3.41. The lowest BCUT2D eigenvalue weighted by Crippen LogP contribution is -2.55. The average Bonchev–Trinajstić information content (AvgIpc) is 3.32. The molecule has 0 radical (unpaired) electrons. The molecule has 13 heteroatoms. The number of carbonyl (C=O) groups is 3. The van der Waals surface area contributed by atoms with E-state index in [1.807, 2.05) is 4.90 Å². The molecule has 1 aliphatic rings. The van der Waals surface area contributed by atoms with Crippen LogP contribution >= 0.6 is 34.5 Å². The molecule has 3 heterocycles. The van der Waals surface area contributed by atoms with Gasteiger partial charge in [-0.25, -0.2) is 9.78 Å². The van der Waals surface area contributed by atoms with Crippen LogP contribution in [0.5, 0.6) is 0 Å². The number of nitrogens with one attached hydrogen (secondary N) is 2. The molecule has 2 aromatic heterocycles. The number of hydrogen-bond acceptors (Lipinski definition) is 8. The maximum atomic E-state index is 12.7. The quantitative estimate of drug-likeness (QED) is 0.492. The summed E-state index contributed by atoms with van der Waals surface area (Å²) in [7, 11) is 1.54. The van der Waals surface area contributed by atoms with Gasteiger partial charge in [-0.15, -0.1) is 0 Å². The van der Waals surface area contributed by atoms with Crippen LogP contribution in [0.1, 0.15) is 49.7 Å². The number of ether oxygens (including phenoxy) is 2. The number of aromatic nitrogens is 2. The van der Waals surface area contributed by atoms with Crippen LogP contribution in [0.4, 0.5) is 5.13 Å². The molecule has 0 aromatic carbocycles. The second-order valence-corrected chi connectivity index (χ2v) is 8.83. The van der Waals surface area contributed by atoms with Gasteiger partial charge >= 0.3 is 5.97 Å². The van der Waals surface area contributed by atoms with Gasteiger partial charge in [-0.05, 0) is 20.3 Å². The van der Waals surface area contributed by atoms with Gasteiger partial charge in [0.25, 0.3) is 11.8 Å². The molecule has 32 heavy (non-hydrogen) atoms. The summed E-state index contributed by atoms with van der Waals surface area (Å²) in [4.78, 5) is 45.7. The zero-order chi connectivity index (χ0) is 23.6. The molecule has 174 valence electrons. The van der Waals surface area contributed by atoms with E-state index in [0.717, 1.165) is 11.3 Å². The Morgan fingerprint density at radius 1 is 1.34 bits per heavy atom. The summed E-state index contributed by atoms with van der Waals surface area (Å²) < 4.78 is 10.6. The molecule has 1 saturated heterocycles. The van der Waals surface area contributed by atoms with E-state index in [-0.39, 0.29) is 45.9 Å². The summed E-state index contributed by atoms with van der Waals surface area (Å²) in [6.07, 6.45) is 0.139. The number of nitrogens with zero attached hydrogens (tertiary/aromatic N) is 2. The van der Waals surface area contributed by atoms with Crippen molar-refractivity contribution in [1.29, 1.82) is 0 Å². The lowest BCUT2D eigenvalue weighted by molar-refractivity contribution is 0.0528. The van der Waals surface area contributed by atoms with E-state index in [1.165, 1.54) is 7.11 Å². The molecule has 0 spiro atoms. The van der Waals surface area contributed by atoms with Gasteiger partial charge in [0.05, 0.1) is 28.8 Å². The van der Waals surface area contributed by atoms with E-state index in [2.05, 4.69) is 15.3 Å². The molecule has 4 N–H and O–H groups in total. The van der Waals surface area contributed by atoms with Gasteiger partial charge in [-0.1, -0.05) is 34.5 Å². The fourth-order valence-corrected chi connectivity index (χ4v) is 4.83. The number of thiazole rings is 1. The molecule has 2 aromatic rings. The first kappa shape index (κ1) is 24.3. The highest BCUT2D eigenvalue weighted by Crippen LogP contribution is 2.31. The normalized spacial score (nSPS) is 18.5. The predicted octanol–water partition coefficient (Wildman–Crippen LogP) is 2.39. The summed E-state index contributed by atoms with van der Waals surface area (Å²) in [6, 6.07) is -0.303. The van der Waals surface area contributed by atoms with Crippen LogP contribution < -0.4 is 16.0 Å². The minimum Gasteiger partial charge on any atom is -0.462 e. The molecule has 0 unspecified atom stereocenters. The highest BCUT2D eigenvalue weighted by atomic mass is 35.5. The highest BCUT2D eigenvalue weighted by Gasteiger charge is 2.34. The SMILES string of the molecule is CCOC(=O)c1sc(N2CC[C@H](NC(=O)c3[nH]c(C)c(Cl)c3Cl)[C@H](OC)C2)nc1C(N)=O. The van der Waals surface area contributed by atoms with Crippen molar-refractivity contribution in [3.63, 3.8) is 0 Å². The van der Waals surface area contributed by atoms with Gasteiger partial charge in [-0.3, -0.25) is 9.59 Å². The summed E-state index contributed by atoms with van der Waals surface area (Å²) in [5, 5.41) is 3.85. The minimum absolute atomic E-state index is 0.0624. The maximum Gasteiger partial charge on any atom is 0.350 e. The Balaban J connectivity index is 1.75. The number of halogens is 2. The van der Waals surface area contributed by atoms with Crippen LogP contribution in [0.15, 0.2) is 0 Å². The Morgan fingerprint density at radius 3 is 2.62 bits per heavy atom. The number of H-pyrrole nitrogens is 1. The van der Waals surface area contributed by atoms with E-state index in [1.54, 1.807) is 13.8 Å². The minimum atomic E-state index is -0.808. The van der Waals surface area contributed by atoms with Crippen molar-refractivity contribution in [3.8, 4) is 0 Å². The summed E-state index contributed by atoms with van der Waals surface area (Å²) in [6.45, 7) is 4.42. The highest BCUT2D eigenvalue weighted by molar-refractivity contribution is 7.17. The number of esters is 1. The third kappa shape index (κ3) is 4.85. The number of primary amides is 1. The molecular weight excluding hydrogens is 481 g/mol. The summed E-state index contributed by atoms with van der Waals surface area (Å²) in [5.74, 6) is -1.84. The van der Waals surface area contributed by atoms with Gasteiger partial charge in [0.2, 0.25) is 0 Å². The molecule has 2 atom stereocenters. The number of anilines is 1. The standard InChI is InChI=1S/C19H23Cl2N5O5S/c1-4-31-18(29)15-14(16(22)27)25-19(32-15)26-6-5-9(10(7-26)30-3)24-17(28)13-12(21)11(20)8(2)23-13/h9-10,23H,4-7H2,1-3H3,(H2,22,27)(H,24,28)/t9-,10+/m0/s1. The van der Waals surface area contributed by atoms with E-state index in [0.29, 0.717) is 35.4 Å². The second kappa shape index (κ2) is 10.1. The number of carbonyl (C=O) groups excluding carboxylic acids is 3. The van der Waals surface area contributed by atoms with Gasteiger partial charge in [0.15, 0.2) is 10.8 Å². The van der Waals surface area contributed by atoms with Crippen molar-refractivity contribution < 1.29 is 23.9 Å². The van der Waals surface area contributed by atoms with Crippen LogP contribution in [0, 0.1) is 6.92 Å². The molecule has 3 rings (SSSR count). The van der Waals surface area contributed by atoms with E-state index in [4.69, 9.17) is 38.4 Å². The number of rotatable bonds is 7. The van der Waals surface area contributed by atoms with Crippen LogP contribution in [0.3, 0.4) is 0 Å². The predicted molar refractivity (Wildman–Crippen MR) is 121 cm³/mol. The molecule has 10 nitrogen and oxygen atoms in total. The van der Waals surface area contributed by atoms with Crippen LogP contribution in [0.25, 0.3) is 0 Å². The molecule has 0 aliphatic carbocycles. The number of hydrogen-bond donors (Lipinski definition) is 3. The number of methoxy groups -OCH3 is 1. The molecule has 2 amide bonds. The fraction of sp³-hybridized carbons (Fsp3) is 0.474.